The minimum Gasteiger partial charge on any atom is -0.507 e. The molecule has 1 aromatic carbocycles. The minimum atomic E-state index is -0.0661. The maximum atomic E-state index is 10.6. The fourth-order valence-corrected chi connectivity index (χ4v) is 2.77. The molecule has 0 aliphatic heterocycles. The lowest BCUT2D eigenvalue weighted by Gasteiger charge is -2.28. The molecule has 3 heteroatoms. The van der Waals surface area contributed by atoms with Crippen molar-refractivity contribution >= 4 is 11.8 Å². The van der Waals surface area contributed by atoms with Gasteiger partial charge in [-0.15, -0.1) is 11.8 Å². The van der Waals surface area contributed by atoms with Crippen LogP contribution in [0.5, 0.6) is 5.75 Å². The molecule has 0 saturated heterocycles. The van der Waals surface area contributed by atoms with E-state index in [0.717, 1.165) is 16.9 Å². The Morgan fingerprint density at radius 1 is 1.00 bits per heavy atom. The molecule has 0 unspecified atom stereocenters. The normalized spacial score (nSPS) is 12.8. The first kappa shape index (κ1) is 16.4. The molecule has 0 amide bonds. The van der Waals surface area contributed by atoms with Gasteiger partial charge in [-0.05, 0) is 23.0 Å². The van der Waals surface area contributed by atoms with E-state index in [-0.39, 0.29) is 10.8 Å². The lowest BCUT2D eigenvalue weighted by molar-refractivity contribution is 0.422. The first-order valence-corrected chi connectivity index (χ1v) is 7.76. The molecule has 0 radical (unpaired) electrons. The predicted octanol–water partition coefficient (Wildman–Crippen LogP) is 4.04. The zero-order valence-electron chi connectivity index (χ0n) is 13.0. The molecule has 0 spiro atoms. The molecule has 0 bridgehead atoms. The topological polar surface area (TPSA) is 46.2 Å². The predicted molar refractivity (Wildman–Crippen MR) is 85.3 cm³/mol. The number of hydrogen-bond acceptors (Lipinski definition) is 3. The molecular weight excluding hydrogens is 254 g/mol. The Morgan fingerprint density at radius 2 is 1.42 bits per heavy atom. The lowest BCUT2D eigenvalue weighted by Crippen LogP contribution is -2.17. The molecule has 0 saturated carbocycles. The fraction of sp³-hybridized carbons (Fsp3) is 0.625. The molecule has 2 nitrogen and oxygen atoms in total. The Hall–Kier alpha value is -0.670. The van der Waals surface area contributed by atoms with Crippen molar-refractivity contribution in [2.45, 2.75) is 57.3 Å². The van der Waals surface area contributed by atoms with Crippen molar-refractivity contribution in [1.82, 2.24) is 0 Å². The second kappa shape index (κ2) is 5.76. The second-order valence-electron chi connectivity index (χ2n) is 7.00. The van der Waals surface area contributed by atoms with Crippen LogP contribution >= 0.6 is 11.8 Å². The van der Waals surface area contributed by atoms with Crippen LogP contribution in [0.3, 0.4) is 0 Å². The lowest BCUT2D eigenvalue weighted by atomic mass is 9.79. The summed E-state index contributed by atoms with van der Waals surface area (Å²) in [7, 11) is 0. The summed E-state index contributed by atoms with van der Waals surface area (Å²) in [6, 6.07) is 4.20. The quantitative estimate of drug-likeness (QED) is 0.822. The summed E-state index contributed by atoms with van der Waals surface area (Å²) in [5.41, 5.74) is 7.48. The highest BCUT2D eigenvalue weighted by Crippen LogP contribution is 2.41. The summed E-state index contributed by atoms with van der Waals surface area (Å²) in [5, 5.41) is 10.6. The van der Waals surface area contributed by atoms with Crippen LogP contribution in [0.2, 0.25) is 0 Å². The summed E-state index contributed by atoms with van der Waals surface area (Å²) in [6.07, 6.45) is 0. The molecule has 108 valence electrons. The Bertz CT molecular complexity index is 406. The van der Waals surface area contributed by atoms with E-state index in [1.54, 1.807) is 11.8 Å². The molecule has 0 atom stereocenters. The van der Waals surface area contributed by atoms with Crippen LogP contribution < -0.4 is 5.73 Å². The number of hydrogen-bond donors (Lipinski definition) is 2. The van der Waals surface area contributed by atoms with Crippen LogP contribution in [0.1, 0.15) is 52.7 Å². The number of phenolic OH excluding ortho intramolecular Hbond substituents is 1. The summed E-state index contributed by atoms with van der Waals surface area (Å²) in [4.78, 5) is 1.19. The molecule has 0 aliphatic carbocycles. The van der Waals surface area contributed by atoms with Crippen LogP contribution in [0.4, 0.5) is 0 Å². The van der Waals surface area contributed by atoms with Crippen molar-refractivity contribution in [2.75, 3.05) is 12.3 Å². The number of aromatic hydroxyl groups is 1. The number of benzene rings is 1. The zero-order valence-corrected chi connectivity index (χ0v) is 13.8. The number of phenols is 1. The maximum Gasteiger partial charge on any atom is 0.123 e. The van der Waals surface area contributed by atoms with Gasteiger partial charge in [0.1, 0.15) is 5.75 Å². The number of rotatable bonds is 3. The van der Waals surface area contributed by atoms with E-state index in [0.29, 0.717) is 12.3 Å². The van der Waals surface area contributed by atoms with E-state index in [1.807, 2.05) is 0 Å². The van der Waals surface area contributed by atoms with E-state index >= 15 is 0 Å². The van der Waals surface area contributed by atoms with E-state index in [4.69, 9.17) is 5.73 Å². The molecule has 1 aromatic rings. The third-order valence-corrected chi connectivity index (χ3v) is 4.09. The van der Waals surface area contributed by atoms with E-state index in [1.165, 1.54) is 4.90 Å². The van der Waals surface area contributed by atoms with Crippen molar-refractivity contribution in [3.63, 3.8) is 0 Å². The van der Waals surface area contributed by atoms with E-state index in [9.17, 15) is 5.11 Å². The molecule has 0 fully saturated rings. The number of thioether (sulfide) groups is 1. The Morgan fingerprint density at radius 3 is 1.74 bits per heavy atom. The van der Waals surface area contributed by atoms with Gasteiger partial charge < -0.3 is 10.8 Å². The van der Waals surface area contributed by atoms with Gasteiger partial charge in [-0.1, -0.05) is 41.5 Å². The van der Waals surface area contributed by atoms with Crippen molar-refractivity contribution in [1.29, 1.82) is 0 Å². The third kappa shape index (κ3) is 4.15. The largest absolute Gasteiger partial charge is 0.507 e. The summed E-state index contributed by atoms with van der Waals surface area (Å²) >= 11 is 1.75. The molecule has 3 N–H and O–H groups in total. The van der Waals surface area contributed by atoms with Gasteiger partial charge in [-0.25, -0.2) is 0 Å². The van der Waals surface area contributed by atoms with Crippen molar-refractivity contribution in [2.24, 2.45) is 5.73 Å². The monoisotopic (exact) mass is 281 g/mol. The first-order chi connectivity index (χ1) is 8.57. The third-order valence-electron chi connectivity index (χ3n) is 3.09. The van der Waals surface area contributed by atoms with Gasteiger partial charge in [0.25, 0.3) is 0 Å². The van der Waals surface area contributed by atoms with Gasteiger partial charge in [0, 0.05) is 28.3 Å². The highest BCUT2D eigenvalue weighted by molar-refractivity contribution is 7.99. The Balaban J connectivity index is 3.39. The van der Waals surface area contributed by atoms with E-state index < -0.39 is 0 Å². The molecule has 0 aliphatic rings. The smallest absolute Gasteiger partial charge is 0.123 e. The Labute approximate surface area is 121 Å². The average molecular weight is 281 g/mol. The summed E-state index contributed by atoms with van der Waals surface area (Å²) in [5.74, 6) is 1.34. The second-order valence-corrected chi connectivity index (χ2v) is 8.17. The molecule has 0 heterocycles. The van der Waals surface area contributed by atoms with Crippen LogP contribution in [0.15, 0.2) is 17.0 Å². The summed E-state index contributed by atoms with van der Waals surface area (Å²) in [6.45, 7) is 13.5. The molecule has 0 aromatic heterocycles. The van der Waals surface area contributed by atoms with Gasteiger partial charge in [0.05, 0.1) is 0 Å². The molecular formula is C16H27NOS. The standard InChI is InChI=1S/C16H27NOS/c1-15(2,3)12-9-11(19-8-7-17)10-13(14(12)18)16(4,5)6/h9-10,18H,7-8,17H2,1-6H3. The molecule has 19 heavy (non-hydrogen) atoms. The number of nitrogens with two attached hydrogens (primary N) is 1. The van der Waals surface area contributed by atoms with Gasteiger partial charge in [-0.2, -0.15) is 0 Å². The van der Waals surface area contributed by atoms with Crippen LogP contribution in [0, 0.1) is 0 Å². The van der Waals surface area contributed by atoms with Crippen molar-refractivity contribution < 1.29 is 5.11 Å². The Kier molecular flexibility index (Phi) is 4.97. The van der Waals surface area contributed by atoms with Crippen molar-refractivity contribution in [3.8, 4) is 5.75 Å². The molecule has 1 rings (SSSR count). The van der Waals surface area contributed by atoms with Crippen LogP contribution in [-0.4, -0.2) is 17.4 Å². The highest BCUT2D eigenvalue weighted by Gasteiger charge is 2.26. The summed E-state index contributed by atoms with van der Waals surface area (Å²) < 4.78 is 0. The first-order valence-electron chi connectivity index (χ1n) is 6.78. The van der Waals surface area contributed by atoms with Gasteiger partial charge >= 0.3 is 0 Å². The van der Waals surface area contributed by atoms with Crippen LogP contribution in [-0.2, 0) is 10.8 Å². The average Bonchev–Trinajstić information content (AvgIpc) is 2.24. The van der Waals surface area contributed by atoms with Gasteiger partial charge in [-0.3, -0.25) is 0 Å². The maximum absolute atomic E-state index is 10.6. The SMILES string of the molecule is CC(C)(C)c1cc(SCCN)cc(C(C)(C)C)c1O. The van der Waals surface area contributed by atoms with E-state index in [2.05, 4.69) is 53.7 Å². The fourth-order valence-electron chi connectivity index (χ4n) is 2.01. The van der Waals surface area contributed by atoms with Crippen molar-refractivity contribution in [3.05, 3.63) is 23.3 Å². The minimum absolute atomic E-state index is 0.0661. The zero-order chi connectivity index (χ0) is 14.8. The van der Waals surface area contributed by atoms with Crippen LogP contribution in [0.25, 0.3) is 0 Å². The van der Waals surface area contributed by atoms with Gasteiger partial charge in [0.15, 0.2) is 0 Å². The highest BCUT2D eigenvalue weighted by atomic mass is 32.2. The van der Waals surface area contributed by atoms with Gasteiger partial charge in [0.2, 0.25) is 0 Å².